The lowest BCUT2D eigenvalue weighted by molar-refractivity contribution is 0.282. The molecule has 0 spiro atoms. The van der Waals surface area contributed by atoms with Gasteiger partial charge in [0, 0.05) is 10.6 Å². The Hall–Kier alpha value is -1.45. The van der Waals surface area contributed by atoms with Crippen molar-refractivity contribution < 1.29 is 9.84 Å². The summed E-state index contributed by atoms with van der Waals surface area (Å²) in [6.07, 6.45) is 1.01. The minimum absolute atomic E-state index is 0.106. The summed E-state index contributed by atoms with van der Waals surface area (Å²) in [6, 6.07) is 14.4. The first-order chi connectivity index (χ1) is 10.2. The smallest absolute Gasteiger partial charge is 0.119 e. The highest BCUT2D eigenvalue weighted by Crippen LogP contribution is 2.20. The zero-order valence-electron chi connectivity index (χ0n) is 12.6. The van der Waals surface area contributed by atoms with Gasteiger partial charge >= 0.3 is 0 Å². The standard InChI is InChI=1S/C18H22O2S/c1-14-10-15(2)12-17(11-14)20-8-3-9-21-18-6-4-16(13-19)5-7-18/h4-7,10-12,19H,3,8-9,13H2,1-2H3. The molecule has 21 heavy (non-hydrogen) atoms. The van der Waals surface area contributed by atoms with E-state index in [1.54, 1.807) is 0 Å². The normalized spacial score (nSPS) is 10.6. The molecule has 0 aliphatic heterocycles. The molecule has 0 amide bonds. The molecule has 0 fully saturated rings. The maximum Gasteiger partial charge on any atom is 0.119 e. The predicted octanol–water partition coefficient (Wildman–Crippen LogP) is 4.36. The average Bonchev–Trinajstić information content (AvgIpc) is 2.46. The molecule has 2 aromatic carbocycles. The molecule has 2 aromatic rings. The molecule has 0 aliphatic rings. The fourth-order valence-electron chi connectivity index (χ4n) is 2.15. The van der Waals surface area contributed by atoms with E-state index in [-0.39, 0.29) is 6.61 Å². The molecule has 0 unspecified atom stereocenters. The van der Waals surface area contributed by atoms with Crippen LogP contribution < -0.4 is 4.74 Å². The van der Waals surface area contributed by atoms with Crippen molar-refractivity contribution in [2.24, 2.45) is 0 Å². The van der Waals surface area contributed by atoms with Gasteiger partial charge in [0.05, 0.1) is 13.2 Å². The Morgan fingerprint density at radius 2 is 1.67 bits per heavy atom. The van der Waals surface area contributed by atoms with E-state index in [0.29, 0.717) is 0 Å². The Morgan fingerprint density at radius 3 is 2.29 bits per heavy atom. The third-order valence-electron chi connectivity index (χ3n) is 3.13. The van der Waals surface area contributed by atoms with Crippen molar-refractivity contribution in [3.05, 3.63) is 59.2 Å². The second-order valence-corrected chi connectivity index (χ2v) is 6.34. The Labute approximate surface area is 131 Å². The minimum atomic E-state index is 0.106. The lowest BCUT2D eigenvalue weighted by Crippen LogP contribution is -1.99. The van der Waals surface area contributed by atoms with Gasteiger partial charge in [-0.2, -0.15) is 0 Å². The Balaban J connectivity index is 1.69. The number of thioether (sulfide) groups is 1. The molecule has 0 radical (unpaired) electrons. The van der Waals surface area contributed by atoms with Crippen LogP contribution in [-0.4, -0.2) is 17.5 Å². The summed E-state index contributed by atoms with van der Waals surface area (Å²) in [5.74, 6) is 1.99. The largest absolute Gasteiger partial charge is 0.494 e. The Morgan fingerprint density at radius 1 is 1.00 bits per heavy atom. The van der Waals surface area contributed by atoms with E-state index in [0.717, 1.165) is 30.1 Å². The van der Waals surface area contributed by atoms with Crippen LogP contribution >= 0.6 is 11.8 Å². The topological polar surface area (TPSA) is 29.5 Å². The molecule has 0 heterocycles. The Kier molecular flexibility index (Phi) is 6.15. The first kappa shape index (κ1) is 15.9. The summed E-state index contributed by atoms with van der Waals surface area (Å²) in [5.41, 5.74) is 3.43. The number of hydrogen-bond acceptors (Lipinski definition) is 3. The van der Waals surface area contributed by atoms with Gasteiger partial charge in [-0.25, -0.2) is 0 Å². The summed E-state index contributed by atoms with van der Waals surface area (Å²) in [6.45, 7) is 5.02. The lowest BCUT2D eigenvalue weighted by atomic mass is 10.1. The highest BCUT2D eigenvalue weighted by atomic mass is 32.2. The van der Waals surface area contributed by atoms with Crippen LogP contribution in [0.3, 0.4) is 0 Å². The summed E-state index contributed by atoms with van der Waals surface area (Å²) in [5, 5.41) is 9.00. The van der Waals surface area contributed by atoms with Crippen LogP contribution in [0.15, 0.2) is 47.4 Å². The first-order valence-electron chi connectivity index (χ1n) is 7.21. The van der Waals surface area contributed by atoms with Gasteiger partial charge in [0.2, 0.25) is 0 Å². The van der Waals surface area contributed by atoms with E-state index in [9.17, 15) is 0 Å². The SMILES string of the molecule is Cc1cc(C)cc(OCCCSc2ccc(CO)cc2)c1. The molecular weight excluding hydrogens is 280 g/mol. The average molecular weight is 302 g/mol. The van der Waals surface area contributed by atoms with Gasteiger partial charge in [-0.3, -0.25) is 0 Å². The summed E-state index contributed by atoms with van der Waals surface area (Å²) < 4.78 is 5.80. The Bertz CT molecular complexity index is 544. The summed E-state index contributed by atoms with van der Waals surface area (Å²) >= 11 is 1.82. The van der Waals surface area contributed by atoms with Crippen LogP contribution in [-0.2, 0) is 6.61 Å². The van der Waals surface area contributed by atoms with Crippen LogP contribution in [0.1, 0.15) is 23.1 Å². The van der Waals surface area contributed by atoms with Gasteiger partial charge in [-0.15, -0.1) is 11.8 Å². The van der Waals surface area contributed by atoms with Gasteiger partial charge in [-0.05, 0) is 61.2 Å². The summed E-state index contributed by atoms with van der Waals surface area (Å²) in [4.78, 5) is 1.23. The van der Waals surface area contributed by atoms with Crippen LogP contribution in [0.2, 0.25) is 0 Å². The molecular formula is C18H22O2S. The van der Waals surface area contributed by atoms with Crippen molar-refractivity contribution in [2.45, 2.75) is 31.8 Å². The minimum Gasteiger partial charge on any atom is -0.494 e. The number of rotatable bonds is 7. The second kappa shape index (κ2) is 8.11. The van der Waals surface area contributed by atoms with E-state index in [1.807, 2.05) is 23.9 Å². The van der Waals surface area contributed by atoms with Crippen molar-refractivity contribution in [3.8, 4) is 5.75 Å². The van der Waals surface area contributed by atoms with Crippen LogP contribution in [0.25, 0.3) is 0 Å². The van der Waals surface area contributed by atoms with E-state index in [1.165, 1.54) is 16.0 Å². The molecule has 0 atom stereocenters. The number of aliphatic hydroxyl groups is 1. The van der Waals surface area contributed by atoms with Crippen molar-refractivity contribution in [1.82, 2.24) is 0 Å². The molecule has 1 N–H and O–H groups in total. The highest BCUT2D eigenvalue weighted by molar-refractivity contribution is 7.99. The van der Waals surface area contributed by atoms with E-state index in [2.05, 4.69) is 44.2 Å². The van der Waals surface area contributed by atoms with E-state index >= 15 is 0 Å². The molecule has 0 saturated carbocycles. The van der Waals surface area contributed by atoms with E-state index in [4.69, 9.17) is 9.84 Å². The molecule has 2 rings (SSSR count). The molecule has 2 nitrogen and oxygen atoms in total. The van der Waals surface area contributed by atoms with Crippen molar-refractivity contribution in [3.63, 3.8) is 0 Å². The fourth-order valence-corrected chi connectivity index (χ4v) is 2.97. The van der Waals surface area contributed by atoms with Gasteiger partial charge in [0.1, 0.15) is 5.75 Å². The predicted molar refractivity (Wildman–Crippen MR) is 89.1 cm³/mol. The molecule has 3 heteroatoms. The fraction of sp³-hybridized carbons (Fsp3) is 0.333. The van der Waals surface area contributed by atoms with E-state index < -0.39 is 0 Å². The third kappa shape index (κ3) is 5.44. The van der Waals surface area contributed by atoms with Crippen molar-refractivity contribution in [1.29, 1.82) is 0 Å². The lowest BCUT2D eigenvalue weighted by Gasteiger charge is -2.08. The summed E-state index contributed by atoms with van der Waals surface area (Å²) in [7, 11) is 0. The number of aliphatic hydroxyl groups excluding tert-OH is 1. The number of hydrogen-bond donors (Lipinski definition) is 1. The highest BCUT2D eigenvalue weighted by Gasteiger charge is 1.98. The molecule has 0 saturated heterocycles. The monoisotopic (exact) mass is 302 g/mol. The number of ether oxygens (including phenoxy) is 1. The van der Waals surface area contributed by atoms with Gasteiger partial charge in [0.15, 0.2) is 0 Å². The number of aryl methyl sites for hydroxylation is 2. The second-order valence-electron chi connectivity index (χ2n) is 5.18. The molecule has 112 valence electrons. The third-order valence-corrected chi connectivity index (χ3v) is 4.23. The van der Waals surface area contributed by atoms with Crippen LogP contribution in [0.5, 0.6) is 5.75 Å². The van der Waals surface area contributed by atoms with Crippen molar-refractivity contribution >= 4 is 11.8 Å². The maximum atomic E-state index is 9.00. The molecule has 0 aromatic heterocycles. The van der Waals surface area contributed by atoms with Gasteiger partial charge < -0.3 is 9.84 Å². The van der Waals surface area contributed by atoms with Gasteiger partial charge in [-0.1, -0.05) is 18.2 Å². The van der Waals surface area contributed by atoms with Crippen LogP contribution in [0, 0.1) is 13.8 Å². The molecule has 0 aliphatic carbocycles. The molecule has 0 bridgehead atoms. The van der Waals surface area contributed by atoms with Crippen LogP contribution in [0.4, 0.5) is 0 Å². The zero-order valence-corrected chi connectivity index (χ0v) is 13.5. The number of benzene rings is 2. The van der Waals surface area contributed by atoms with Gasteiger partial charge in [0.25, 0.3) is 0 Å². The van der Waals surface area contributed by atoms with Crippen molar-refractivity contribution in [2.75, 3.05) is 12.4 Å². The first-order valence-corrected chi connectivity index (χ1v) is 8.19. The quantitative estimate of drug-likeness (QED) is 0.609. The zero-order chi connectivity index (χ0) is 15.1. The maximum absolute atomic E-state index is 9.00.